The van der Waals surface area contributed by atoms with Crippen molar-refractivity contribution in [2.24, 2.45) is 0 Å². The average molecular weight is 269 g/mol. The highest BCUT2D eigenvalue weighted by atomic mass is 16.3. The van der Waals surface area contributed by atoms with Gasteiger partial charge in [0.2, 0.25) is 0 Å². The van der Waals surface area contributed by atoms with Crippen molar-refractivity contribution in [3.63, 3.8) is 0 Å². The minimum Gasteiger partial charge on any atom is -0.394 e. The molecule has 2 atom stereocenters. The Morgan fingerprint density at radius 2 is 1.55 bits per heavy atom. The molecule has 2 N–H and O–H groups in total. The van der Waals surface area contributed by atoms with Crippen LogP contribution in [0, 0.1) is 0 Å². The van der Waals surface area contributed by atoms with Crippen LogP contribution >= 0.6 is 0 Å². The highest BCUT2D eigenvalue weighted by molar-refractivity contribution is 5.20. The summed E-state index contributed by atoms with van der Waals surface area (Å²) in [6.45, 7) is 2.30. The van der Waals surface area contributed by atoms with Crippen molar-refractivity contribution in [2.75, 3.05) is 6.61 Å². The molecule has 2 aromatic carbocycles. The summed E-state index contributed by atoms with van der Waals surface area (Å²) in [5.74, 6) is 0. The van der Waals surface area contributed by atoms with Gasteiger partial charge in [0.1, 0.15) is 0 Å². The second-order valence-corrected chi connectivity index (χ2v) is 5.11. The first kappa shape index (κ1) is 14.8. The fraction of sp³-hybridized carbons (Fsp3) is 0.333. The maximum absolute atomic E-state index is 9.63. The molecule has 0 spiro atoms. The van der Waals surface area contributed by atoms with Gasteiger partial charge in [-0.15, -0.1) is 0 Å². The lowest BCUT2D eigenvalue weighted by Gasteiger charge is -2.24. The van der Waals surface area contributed by atoms with Crippen LogP contribution in [0.15, 0.2) is 60.7 Å². The lowest BCUT2D eigenvalue weighted by Crippen LogP contribution is -2.35. The summed E-state index contributed by atoms with van der Waals surface area (Å²) in [6, 6.07) is 21.0. The molecule has 0 fully saturated rings. The highest BCUT2D eigenvalue weighted by Crippen LogP contribution is 2.15. The Morgan fingerprint density at radius 3 is 2.10 bits per heavy atom. The third-order valence-electron chi connectivity index (χ3n) is 3.64. The summed E-state index contributed by atoms with van der Waals surface area (Å²) in [5, 5.41) is 13.2. The van der Waals surface area contributed by atoms with Gasteiger partial charge in [0.15, 0.2) is 0 Å². The van der Waals surface area contributed by atoms with E-state index in [1.54, 1.807) is 0 Å². The van der Waals surface area contributed by atoms with Crippen LogP contribution in [0.2, 0.25) is 0 Å². The van der Waals surface area contributed by atoms with E-state index in [0.29, 0.717) is 6.04 Å². The zero-order valence-electron chi connectivity index (χ0n) is 12.0. The minimum atomic E-state index is 0.00450. The van der Waals surface area contributed by atoms with E-state index in [1.165, 1.54) is 5.56 Å². The van der Waals surface area contributed by atoms with Gasteiger partial charge < -0.3 is 10.4 Å². The molecule has 0 aromatic heterocycles. The van der Waals surface area contributed by atoms with Crippen molar-refractivity contribution in [3.8, 4) is 0 Å². The second kappa shape index (κ2) is 7.83. The summed E-state index contributed by atoms with van der Waals surface area (Å²) >= 11 is 0. The molecule has 2 unspecified atom stereocenters. The highest BCUT2D eigenvalue weighted by Gasteiger charge is 2.15. The predicted octanol–water partition coefficient (Wildman–Crippen LogP) is 3.33. The summed E-state index contributed by atoms with van der Waals surface area (Å²) < 4.78 is 0. The zero-order chi connectivity index (χ0) is 14.2. The Labute approximate surface area is 121 Å². The number of hydrogen-bond donors (Lipinski definition) is 2. The van der Waals surface area contributed by atoms with Crippen molar-refractivity contribution >= 4 is 0 Å². The molecule has 0 radical (unpaired) electrons. The Hall–Kier alpha value is -1.64. The maximum Gasteiger partial charge on any atom is 0.0626 e. The maximum atomic E-state index is 9.63. The summed E-state index contributed by atoms with van der Waals surface area (Å²) in [4.78, 5) is 0. The third-order valence-corrected chi connectivity index (χ3v) is 3.64. The molecule has 0 aliphatic heterocycles. The number of rotatable bonds is 7. The van der Waals surface area contributed by atoms with E-state index >= 15 is 0 Å². The first-order chi connectivity index (χ1) is 9.83. The van der Waals surface area contributed by atoms with Crippen LogP contribution in [0.25, 0.3) is 0 Å². The third kappa shape index (κ3) is 4.19. The van der Waals surface area contributed by atoms with Crippen LogP contribution in [-0.4, -0.2) is 17.8 Å². The van der Waals surface area contributed by atoms with Crippen LogP contribution in [0.3, 0.4) is 0 Å². The molecule has 0 bridgehead atoms. The van der Waals surface area contributed by atoms with Crippen molar-refractivity contribution in [2.45, 2.75) is 31.8 Å². The Morgan fingerprint density at radius 1 is 0.950 bits per heavy atom. The van der Waals surface area contributed by atoms with E-state index in [1.807, 2.05) is 24.3 Å². The van der Waals surface area contributed by atoms with E-state index in [9.17, 15) is 5.11 Å². The molecular weight excluding hydrogens is 246 g/mol. The molecule has 0 saturated carbocycles. The SMILES string of the molecule is CCC(Cc1ccccc1)NC(CO)c1ccccc1. The number of aliphatic hydroxyl groups excluding tert-OH is 1. The van der Waals surface area contributed by atoms with Crippen LogP contribution in [-0.2, 0) is 6.42 Å². The molecule has 20 heavy (non-hydrogen) atoms. The van der Waals surface area contributed by atoms with Crippen molar-refractivity contribution in [1.29, 1.82) is 0 Å². The normalized spacial score (nSPS) is 13.9. The number of nitrogens with one attached hydrogen (secondary N) is 1. The predicted molar refractivity (Wildman–Crippen MR) is 83.6 cm³/mol. The van der Waals surface area contributed by atoms with Crippen molar-refractivity contribution in [3.05, 3.63) is 71.8 Å². The standard InChI is InChI=1S/C18H23NO/c1-2-17(13-15-9-5-3-6-10-15)19-18(14-20)16-11-7-4-8-12-16/h3-12,17-20H,2,13-14H2,1H3. The summed E-state index contributed by atoms with van der Waals surface area (Å²) in [7, 11) is 0. The minimum absolute atomic E-state index is 0.00450. The van der Waals surface area contributed by atoms with Gasteiger partial charge >= 0.3 is 0 Å². The van der Waals surface area contributed by atoms with Gasteiger partial charge in [0.05, 0.1) is 12.6 Å². The fourth-order valence-corrected chi connectivity index (χ4v) is 2.44. The van der Waals surface area contributed by atoms with Gasteiger partial charge in [-0.1, -0.05) is 67.6 Å². The van der Waals surface area contributed by atoms with Crippen LogP contribution in [0.1, 0.15) is 30.5 Å². The van der Waals surface area contributed by atoms with E-state index in [2.05, 4.69) is 48.6 Å². The topological polar surface area (TPSA) is 32.3 Å². The molecule has 0 aliphatic rings. The fourth-order valence-electron chi connectivity index (χ4n) is 2.44. The van der Waals surface area contributed by atoms with Gasteiger partial charge in [0, 0.05) is 6.04 Å². The summed E-state index contributed by atoms with van der Waals surface area (Å²) in [5.41, 5.74) is 2.47. The van der Waals surface area contributed by atoms with E-state index in [4.69, 9.17) is 0 Å². The van der Waals surface area contributed by atoms with E-state index in [0.717, 1.165) is 18.4 Å². The van der Waals surface area contributed by atoms with Crippen LogP contribution in [0.4, 0.5) is 0 Å². The quantitative estimate of drug-likeness (QED) is 0.808. The average Bonchev–Trinajstić information content (AvgIpc) is 2.53. The molecule has 0 heterocycles. The first-order valence-electron chi connectivity index (χ1n) is 7.29. The smallest absolute Gasteiger partial charge is 0.0626 e. The Balaban J connectivity index is 2.01. The molecule has 0 amide bonds. The number of hydrogen-bond acceptors (Lipinski definition) is 2. The zero-order valence-corrected chi connectivity index (χ0v) is 12.0. The summed E-state index contributed by atoms with van der Waals surface area (Å²) in [6.07, 6.45) is 2.03. The van der Waals surface area contributed by atoms with Gasteiger partial charge in [0.25, 0.3) is 0 Å². The van der Waals surface area contributed by atoms with Gasteiger partial charge in [-0.05, 0) is 24.0 Å². The number of benzene rings is 2. The largest absolute Gasteiger partial charge is 0.394 e. The van der Waals surface area contributed by atoms with Crippen LogP contribution < -0.4 is 5.32 Å². The van der Waals surface area contributed by atoms with Crippen molar-refractivity contribution in [1.82, 2.24) is 5.32 Å². The molecule has 0 aliphatic carbocycles. The Kier molecular flexibility index (Phi) is 5.78. The lowest BCUT2D eigenvalue weighted by atomic mass is 10.0. The van der Waals surface area contributed by atoms with Crippen LogP contribution in [0.5, 0.6) is 0 Å². The monoisotopic (exact) mass is 269 g/mol. The molecule has 106 valence electrons. The molecule has 2 heteroatoms. The van der Waals surface area contributed by atoms with E-state index < -0.39 is 0 Å². The van der Waals surface area contributed by atoms with Gasteiger partial charge in [-0.3, -0.25) is 0 Å². The second-order valence-electron chi connectivity index (χ2n) is 5.11. The van der Waals surface area contributed by atoms with Crippen molar-refractivity contribution < 1.29 is 5.11 Å². The molecular formula is C18H23NO. The molecule has 2 nitrogen and oxygen atoms in total. The Bertz CT molecular complexity index is 483. The van der Waals surface area contributed by atoms with E-state index in [-0.39, 0.29) is 12.6 Å². The molecule has 2 rings (SSSR count). The molecule has 2 aromatic rings. The lowest BCUT2D eigenvalue weighted by molar-refractivity contribution is 0.231. The number of aliphatic hydroxyl groups is 1. The molecule has 0 saturated heterocycles. The van der Waals surface area contributed by atoms with Gasteiger partial charge in [-0.2, -0.15) is 0 Å². The first-order valence-corrected chi connectivity index (χ1v) is 7.29. The van der Waals surface area contributed by atoms with Gasteiger partial charge in [-0.25, -0.2) is 0 Å².